The molecule has 0 bridgehead atoms. The van der Waals surface area contributed by atoms with E-state index < -0.39 is 17.4 Å². The van der Waals surface area contributed by atoms with E-state index in [1.165, 1.54) is 0 Å². The number of carbonyl (C=O) groups is 2. The Morgan fingerprint density at radius 2 is 2.11 bits per heavy atom. The average molecular weight is 326 g/mol. The molecule has 1 atom stereocenters. The van der Waals surface area contributed by atoms with Crippen LogP contribution in [0.4, 0.5) is 5.69 Å². The van der Waals surface area contributed by atoms with Gasteiger partial charge >= 0.3 is 5.97 Å². The van der Waals surface area contributed by atoms with Crippen molar-refractivity contribution in [1.29, 1.82) is 0 Å². The number of rotatable bonds is 2. The smallest absolute Gasteiger partial charge is 0.309 e. The predicted molar refractivity (Wildman–Crippen MR) is 76.2 cm³/mol. The van der Waals surface area contributed by atoms with Crippen LogP contribution in [0, 0.1) is 12.8 Å². The van der Waals surface area contributed by atoms with Crippen molar-refractivity contribution in [2.75, 3.05) is 4.90 Å². The van der Waals surface area contributed by atoms with Gasteiger partial charge in [0.1, 0.15) is 0 Å². The van der Waals surface area contributed by atoms with Crippen LogP contribution in [0.15, 0.2) is 22.7 Å². The van der Waals surface area contributed by atoms with Gasteiger partial charge in [0.05, 0.1) is 11.5 Å². The minimum atomic E-state index is -0.922. The van der Waals surface area contributed by atoms with Gasteiger partial charge in [0.25, 0.3) is 0 Å². The zero-order valence-electron chi connectivity index (χ0n) is 11.1. The second-order valence-corrected chi connectivity index (χ2v) is 6.27. The molecule has 0 aliphatic carbocycles. The molecule has 1 aromatic rings. The topological polar surface area (TPSA) is 57.6 Å². The molecular formula is C14H16BrNO3. The van der Waals surface area contributed by atoms with Crippen LogP contribution in [-0.4, -0.2) is 22.5 Å². The van der Waals surface area contributed by atoms with E-state index in [1.807, 2.05) is 25.1 Å². The molecule has 1 N–H and O–H groups in total. The zero-order valence-corrected chi connectivity index (χ0v) is 12.7. The molecule has 1 aliphatic rings. The molecule has 0 radical (unpaired) electrons. The minimum Gasteiger partial charge on any atom is -0.481 e. The number of nitrogens with zero attached hydrogens (tertiary/aromatic N) is 1. The van der Waals surface area contributed by atoms with Gasteiger partial charge in [0.15, 0.2) is 0 Å². The lowest BCUT2D eigenvalue weighted by molar-refractivity contribution is -0.143. The third-order valence-electron chi connectivity index (χ3n) is 3.76. The van der Waals surface area contributed by atoms with Gasteiger partial charge in [0, 0.05) is 16.6 Å². The molecule has 1 amide bonds. The molecule has 1 heterocycles. The monoisotopic (exact) mass is 325 g/mol. The van der Waals surface area contributed by atoms with E-state index in [0.717, 1.165) is 15.7 Å². The quantitative estimate of drug-likeness (QED) is 0.909. The van der Waals surface area contributed by atoms with E-state index in [9.17, 15) is 14.7 Å². The molecule has 4 nitrogen and oxygen atoms in total. The number of hydrogen-bond acceptors (Lipinski definition) is 2. The van der Waals surface area contributed by atoms with E-state index in [-0.39, 0.29) is 12.3 Å². The van der Waals surface area contributed by atoms with Gasteiger partial charge in [-0.15, -0.1) is 0 Å². The van der Waals surface area contributed by atoms with Gasteiger partial charge in [-0.25, -0.2) is 0 Å². The molecule has 102 valence electrons. The summed E-state index contributed by atoms with van der Waals surface area (Å²) in [5, 5.41) is 9.24. The fourth-order valence-corrected chi connectivity index (χ4v) is 2.87. The van der Waals surface area contributed by atoms with Crippen molar-refractivity contribution in [2.24, 2.45) is 5.92 Å². The molecule has 1 saturated heterocycles. The molecule has 5 heteroatoms. The summed E-state index contributed by atoms with van der Waals surface area (Å²) >= 11 is 3.42. The zero-order chi connectivity index (χ0) is 14.4. The SMILES string of the molecule is Cc1cc(N2C(=O)CC(C(=O)O)C2(C)C)ccc1Br. The number of amides is 1. The predicted octanol–water partition coefficient (Wildman–Crippen LogP) is 2.97. The van der Waals surface area contributed by atoms with Crippen molar-refractivity contribution in [1.82, 2.24) is 0 Å². The fraction of sp³-hybridized carbons (Fsp3) is 0.429. The Hall–Kier alpha value is -1.36. The lowest BCUT2D eigenvalue weighted by Gasteiger charge is -2.34. The van der Waals surface area contributed by atoms with Gasteiger partial charge in [-0.1, -0.05) is 15.9 Å². The highest BCUT2D eigenvalue weighted by Gasteiger charge is 2.50. The molecule has 1 aliphatic heterocycles. The van der Waals surface area contributed by atoms with Crippen LogP contribution < -0.4 is 4.90 Å². The molecule has 0 saturated carbocycles. The highest BCUT2D eigenvalue weighted by Crippen LogP contribution is 2.40. The lowest BCUT2D eigenvalue weighted by Crippen LogP contribution is -2.46. The third kappa shape index (κ3) is 2.27. The highest BCUT2D eigenvalue weighted by molar-refractivity contribution is 9.10. The van der Waals surface area contributed by atoms with Crippen LogP contribution in [-0.2, 0) is 9.59 Å². The number of carboxylic acid groups (broad SMARTS) is 1. The first kappa shape index (κ1) is 14.1. The van der Waals surface area contributed by atoms with Crippen molar-refractivity contribution in [3.63, 3.8) is 0 Å². The van der Waals surface area contributed by atoms with E-state index in [2.05, 4.69) is 15.9 Å². The van der Waals surface area contributed by atoms with Crippen molar-refractivity contribution < 1.29 is 14.7 Å². The molecule has 0 spiro atoms. The summed E-state index contributed by atoms with van der Waals surface area (Å²) in [6, 6.07) is 5.61. The Kier molecular flexibility index (Phi) is 3.43. The van der Waals surface area contributed by atoms with E-state index in [4.69, 9.17) is 0 Å². The van der Waals surface area contributed by atoms with Crippen LogP contribution in [0.1, 0.15) is 25.8 Å². The van der Waals surface area contributed by atoms with Crippen LogP contribution in [0.2, 0.25) is 0 Å². The van der Waals surface area contributed by atoms with Crippen LogP contribution in [0.5, 0.6) is 0 Å². The van der Waals surface area contributed by atoms with Crippen LogP contribution >= 0.6 is 15.9 Å². The van der Waals surface area contributed by atoms with E-state index >= 15 is 0 Å². The van der Waals surface area contributed by atoms with Gasteiger partial charge in [-0.05, 0) is 44.5 Å². The van der Waals surface area contributed by atoms with Gasteiger partial charge in [0.2, 0.25) is 5.91 Å². The average Bonchev–Trinajstić information content (AvgIpc) is 2.53. The molecule has 0 aromatic heterocycles. The molecule has 1 unspecified atom stereocenters. The number of halogens is 1. The number of carboxylic acids is 1. The molecule has 1 aromatic carbocycles. The summed E-state index contributed by atoms with van der Waals surface area (Å²) < 4.78 is 0.968. The minimum absolute atomic E-state index is 0.0530. The third-order valence-corrected chi connectivity index (χ3v) is 4.64. The van der Waals surface area contributed by atoms with Gasteiger partial charge < -0.3 is 10.0 Å². The molecule has 1 fully saturated rings. The Balaban J connectivity index is 2.46. The summed E-state index contributed by atoms with van der Waals surface area (Å²) in [6.45, 7) is 5.54. The first-order valence-corrected chi connectivity index (χ1v) is 6.86. The number of aliphatic carboxylic acids is 1. The first-order valence-electron chi connectivity index (χ1n) is 6.07. The Morgan fingerprint density at radius 3 is 2.58 bits per heavy atom. The number of anilines is 1. The number of hydrogen-bond donors (Lipinski definition) is 1. The maximum atomic E-state index is 12.2. The summed E-state index contributed by atoms with van der Waals surface area (Å²) in [5.74, 6) is -1.74. The Labute approximate surface area is 120 Å². The largest absolute Gasteiger partial charge is 0.481 e. The number of aryl methyl sites for hydroxylation is 1. The lowest BCUT2D eigenvalue weighted by atomic mass is 9.88. The van der Waals surface area contributed by atoms with E-state index in [1.54, 1.807) is 18.7 Å². The van der Waals surface area contributed by atoms with Crippen LogP contribution in [0.3, 0.4) is 0 Å². The second kappa shape index (κ2) is 4.63. The summed E-state index contributed by atoms with van der Waals surface area (Å²) in [4.78, 5) is 25.0. The molecular weight excluding hydrogens is 310 g/mol. The number of benzene rings is 1. The summed E-state index contributed by atoms with van der Waals surface area (Å²) in [6.07, 6.45) is 0.0530. The van der Waals surface area contributed by atoms with E-state index in [0.29, 0.717) is 0 Å². The van der Waals surface area contributed by atoms with Gasteiger partial charge in [-0.3, -0.25) is 9.59 Å². The fourth-order valence-electron chi connectivity index (χ4n) is 2.63. The molecule has 2 rings (SSSR count). The first-order chi connectivity index (χ1) is 8.75. The normalized spacial score (nSPS) is 21.8. The maximum absolute atomic E-state index is 12.2. The van der Waals surface area contributed by atoms with Crippen molar-refractivity contribution in [2.45, 2.75) is 32.7 Å². The number of carbonyl (C=O) groups excluding carboxylic acids is 1. The Bertz CT molecular complexity index is 554. The maximum Gasteiger partial charge on any atom is 0.309 e. The standard InChI is InChI=1S/C14H16BrNO3/c1-8-6-9(4-5-11(8)15)16-12(17)7-10(13(18)19)14(16,2)3/h4-6,10H,7H2,1-3H3,(H,18,19). The second-order valence-electron chi connectivity index (χ2n) is 5.41. The van der Waals surface area contributed by atoms with Crippen LogP contribution in [0.25, 0.3) is 0 Å². The van der Waals surface area contributed by atoms with Crippen molar-refractivity contribution in [3.05, 3.63) is 28.2 Å². The van der Waals surface area contributed by atoms with Gasteiger partial charge in [-0.2, -0.15) is 0 Å². The van der Waals surface area contributed by atoms with Crippen molar-refractivity contribution in [3.8, 4) is 0 Å². The van der Waals surface area contributed by atoms with Crippen molar-refractivity contribution >= 4 is 33.5 Å². The summed E-state index contributed by atoms with van der Waals surface area (Å²) in [5.41, 5.74) is 1.04. The molecule has 19 heavy (non-hydrogen) atoms. The highest BCUT2D eigenvalue weighted by atomic mass is 79.9. The Morgan fingerprint density at radius 1 is 1.47 bits per heavy atom. The summed E-state index contributed by atoms with van der Waals surface area (Å²) in [7, 11) is 0.